The van der Waals surface area contributed by atoms with Crippen LogP contribution in [0.15, 0.2) is 41.8 Å². The molecular weight excluding hydrogens is 244 g/mol. The van der Waals surface area contributed by atoms with E-state index in [1.807, 2.05) is 35.7 Å². The van der Waals surface area contributed by atoms with Crippen molar-refractivity contribution in [2.75, 3.05) is 0 Å². The summed E-state index contributed by atoms with van der Waals surface area (Å²) >= 11 is 1.56. The molecule has 4 heteroatoms. The number of hydrogen-bond donors (Lipinski definition) is 1. The van der Waals surface area contributed by atoms with Gasteiger partial charge in [0.25, 0.3) is 0 Å². The maximum absolute atomic E-state index is 11.0. The van der Waals surface area contributed by atoms with Gasteiger partial charge < -0.3 is 0 Å². The van der Waals surface area contributed by atoms with Crippen molar-refractivity contribution in [3.05, 3.63) is 53.1 Å². The van der Waals surface area contributed by atoms with Crippen LogP contribution in [0.2, 0.25) is 0 Å². The Morgan fingerprint density at radius 1 is 1.33 bits per heavy atom. The summed E-state index contributed by atoms with van der Waals surface area (Å²) in [6.07, 6.45) is 2.96. The fraction of sp³-hybridized carbons (Fsp3) is 0.143. The van der Waals surface area contributed by atoms with Crippen molar-refractivity contribution in [2.45, 2.75) is 12.5 Å². The molecule has 1 aromatic heterocycles. The number of pyridine rings is 1. The van der Waals surface area contributed by atoms with E-state index in [2.05, 4.69) is 22.7 Å². The summed E-state index contributed by atoms with van der Waals surface area (Å²) in [4.78, 5) is 15.6. The normalized spacial score (nSPS) is 22.5. The van der Waals surface area contributed by atoms with E-state index < -0.39 is 0 Å². The summed E-state index contributed by atoms with van der Waals surface area (Å²) in [7, 11) is 0. The highest BCUT2D eigenvalue weighted by molar-refractivity contribution is 8.00. The lowest BCUT2D eigenvalue weighted by Gasteiger charge is -2.21. The topological polar surface area (TPSA) is 42.0 Å². The van der Waals surface area contributed by atoms with Crippen LogP contribution < -0.4 is 4.72 Å². The first-order chi connectivity index (χ1) is 8.73. The largest absolute Gasteiger partial charge is 0.298 e. The Morgan fingerprint density at radius 2 is 2.22 bits per heavy atom. The molecule has 18 heavy (non-hydrogen) atoms. The van der Waals surface area contributed by atoms with E-state index in [1.54, 1.807) is 11.9 Å². The molecule has 0 aliphatic carbocycles. The first kappa shape index (κ1) is 11.4. The van der Waals surface area contributed by atoms with Crippen molar-refractivity contribution >= 4 is 29.1 Å². The van der Waals surface area contributed by atoms with Crippen molar-refractivity contribution < 1.29 is 4.79 Å². The average Bonchev–Trinajstić information content (AvgIpc) is 2.85. The number of rotatable bonds is 2. The average molecular weight is 256 g/mol. The quantitative estimate of drug-likeness (QED) is 0.662. The van der Waals surface area contributed by atoms with Gasteiger partial charge >= 0.3 is 0 Å². The molecule has 90 valence electrons. The zero-order chi connectivity index (χ0) is 12.6. The Morgan fingerprint density at radius 3 is 2.94 bits per heavy atom. The predicted octanol–water partition coefficient (Wildman–Crippen LogP) is 3.03. The monoisotopic (exact) mass is 256 g/mol. The van der Waals surface area contributed by atoms with Gasteiger partial charge in [-0.05, 0) is 24.5 Å². The van der Waals surface area contributed by atoms with Gasteiger partial charge in [-0.3, -0.25) is 9.78 Å². The first-order valence-electron chi connectivity index (χ1n) is 5.69. The molecule has 0 spiro atoms. The lowest BCUT2D eigenvalue weighted by atomic mass is 9.97. The minimum Gasteiger partial charge on any atom is -0.298 e. The van der Waals surface area contributed by atoms with Crippen LogP contribution in [-0.2, 0) is 5.54 Å². The van der Waals surface area contributed by atoms with Crippen LogP contribution in [0.4, 0.5) is 0 Å². The summed E-state index contributed by atoms with van der Waals surface area (Å²) in [6, 6.07) is 9.53. The second-order valence-corrected chi connectivity index (χ2v) is 5.17. The molecular formula is C14H12N2OS. The molecule has 0 saturated heterocycles. The lowest BCUT2D eigenvalue weighted by molar-refractivity contribution is 0.112. The fourth-order valence-corrected chi connectivity index (χ4v) is 2.89. The van der Waals surface area contributed by atoms with Crippen molar-refractivity contribution in [1.29, 1.82) is 0 Å². The van der Waals surface area contributed by atoms with Crippen LogP contribution in [0.5, 0.6) is 0 Å². The molecule has 1 unspecified atom stereocenters. The Kier molecular flexibility index (Phi) is 2.69. The van der Waals surface area contributed by atoms with Gasteiger partial charge in [0.05, 0.1) is 16.7 Å². The predicted molar refractivity (Wildman–Crippen MR) is 74.3 cm³/mol. The third-order valence-corrected chi connectivity index (χ3v) is 3.98. The summed E-state index contributed by atoms with van der Waals surface area (Å²) in [5, 5.41) is 2.92. The van der Waals surface area contributed by atoms with Gasteiger partial charge in [-0.1, -0.05) is 36.2 Å². The molecule has 2 heterocycles. The number of hydrogen-bond acceptors (Lipinski definition) is 4. The van der Waals surface area contributed by atoms with Crippen molar-refractivity contribution in [3.63, 3.8) is 0 Å². The van der Waals surface area contributed by atoms with Gasteiger partial charge in [-0.25, -0.2) is 4.72 Å². The van der Waals surface area contributed by atoms with Crippen LogP contribution in [-0.4, -0.2) is 11.3 Å². The highest BCUT2D eigenvalue weighted by Gasteiger charge is 2.28. The summed E-state index contributed by atoms with van der Waals surface area (Å²) < 4.78 is 3.32. The summed E-state index contributed by atoms with van der Waals surface area (Å²) in [5.74, 6) is 0. The standard InChI is InChI=1S/C14H12N2OS/c1-14(7-8-18-16-14)13-6-5-11-10(9-17)3-2-4-12(11)15-13/h2-9,16H,1H3. The molecule has 0 radical (unpaired) electrons. The summed E-state index contributed by atoms with van der Waals surface area (Å²) in [6.45, 7) is 2.08. The van der Waals surface area contributed by atoms with E-state index in [1.165, 1.54) is 0 Å². The van der Waals surface area contributed by atoms with E-state index >= 15 is 0 Å². The Bertz CT molecular complexity index is 653. The number of benzene rings is 1. The Balaban J connectivity index is 2.18. The van der Waals surface area contributed by atoms with Gasteiger partial charge in [-0.15, -0.1) is 0 Å². The maximum atomic E-state index is 11.0. The third kappa shape index (κ3) is 1.74. The molecule has 1 aromatic carbocycles. The van der Waals surface area contributed by atoms with E-state index in [0.29, 0.717) is 5.56 Å². The minimum absolute atomic E-state index is 0.240. The highest BCUT2D eigenvalue weighted by atomic mass is 32.2. The maximum Gasteiger partial charge on any atom is 0.150 e. The van der Waals surface area contributed by atoms with Crippen molar-refractivity contribution in [1.82, 2.24) is 9.71 Å². The molecule has 1 atom stereocenters. The molecule has 0 fully saturated rings. The van der Waals surface area contributed by atoms with Crippen LogP contribution in [0.25, 0.3) is 10.9 Å². The van der Waals surface area contributed by atoms with Crippen molar-refractivity contribution in [2.24, 2.45) is 0 Å². The van der Waals surface area contributed by atoms with Gasteiger partial charge in [0.2, 0.25) is 0 Å². The number of fused-ring (bicyclic) bond motifs is 1. The van der Waals surface area contributed by atoms with Gasteiger partial charge in [-0.2, -0.15) is 0 Å². The molecule has 2 aromatic rings. The van der Waals surface area contributed by atoms with Gasteiger partial charge in [0.15, 0.2) is 6.29 Å². The van der Waals surface area contributed by atoms with E-state index in [0.717, 1.165) is 22.9 Å². The Labute approximate surface area is 109 Å². The zero-order valence-electron chi connectivity index (χ0n) is 9.88. The number of aromatic nitrogens is 1. The van der Waals surface area contributed by atoms with Crippen molar-refractivity contribution in [3.8, 4) is 0 Å². The van der Waals surface area contributed by atoms with E-state index in [9.17, 15) is 4.79 Å². The second-order valence-electron chi connectivity index (χ2n) is 4.45. The SMILES string of the molecule is CC1(c2ccc3c(C=O)cccc3n2)C=CSN1. The highest BCUT2D eigenvalue weighted by Crippen LogP contribution is 2.30. The smallest absolute Gasteiger partial charge is 0.150 e. The number of nitrogens with one attached hydrogen (secondary N) is 1. The number of aldehydes is 1. The molecule has 0 bridgehead atoms. The van der Waals surface area contributed by atoms with Crippen LogP contribution in [0.1, 0.15) is 23.0 Å². The van der Waals surface area contributed by atoms with Crippen LogP contribution >= 0.6 is 11.9 Å². The molecule has 3 nitrogen and oxygen atoms in total. The lowest BCUT2D eigenvalue weighted by Crippen LogP contribution is -2.30. The zero-order valence-corrected chi connectivity index (χ0v) is 10.7. The molecule has 3 rings (SSSR count). The number of carbonyl (C=O) groups excluding carboxylic acids is 1. The fourth-order valence-electron chi connectivity index (χ4n) is 2.07. The minimum atomic E-state index is -0.240. The third-order valence-electron chi connectivity index (χ3n) is 3.17. The first-order valence-corrected chi connectivity index (χ1v) is 6.57. The molecule has 1 aliphatic heterocycles. The Hall–Kier alpha value is -1.65. The van der Waals surface area contributed by atoms with Crippen LogP contribution in [0, 0.1) is 0 Å². The molecule has 0 saturated carbocycles. The molecule has 0 amide bonds. The van der Waals surface area contributed by atoms with E-state index in [-0.39, 0.29) is 5.54 Å². The van der Waals surface area contributed by atoms with E-state index in [4.69, 9.17) is 0 Å². The second kappa shape index (κ2) is 4.23. The van der Waals surface area contributed by atoms with Crippen LogP contribution in [0.3, 0.4) is 0 Å². The summed E-state index contributed by atoms with van der Waals surface area (Å²) in [5.41, 5.74) is 2.25. The number of carbonyl (C=O) groups is 1. The molecule has 1 N–H and O–H groups in total. The molecule has 1 aliphatic rings. The number of nitrogens with zero attached hydrogens (tertiary/aromatic N) is 1. The van der Waals surface area contributed by atoms with Gasteiger partial charge in [0, 0.05) is 10.9 Å². The van der Waals surface area contributed by atoms with Gasteiger partial charge in [0.1, 0.15) is 0 Å².